The summed E-state index contributed by atoms with van der Waals surface area (Å²) in [7, 11) is 0. The van der Waals surface area contributed by atoms with Crippen molar-refractivity contribution in [3.8, 4) is 11.5 Å². The molecule has 3 aromatic carbocycles. The van der Waals surface area contributed by atoms with Crippen LogP contribution in [-0.4, -0.2) is 28.9 Å². The normalized spacial score (nSPS) is 10.9. The summed E-state index contributed by atoms with van der Waals surface area (Å²) in [5, 5.41) is 13.8. The molecule has 0 aliphatic heterocycles. The largest absolute Gasteiger partial charge is 0.436 e. The lowest BCUT2D eigenvalue weighted by atomic mass is 10.2. The zero-order valence-electron chi connectivity index (χ0n) is 18.0. The van der Waals surface area contributed by atoms with Gasteiger partial charge in [0.1, 0.15) is 10.5 Å². The van der Waals surface area contributed by atoms with Gasteiger partial charge in [-0.2, -0.15) is 0 Å². The Morgan fingerprint density at radius 1 is 1.09 bits per heavy atom. The molecule has 0 aliphatic carbocycles. The molecule has 8 nitrogen and oxygen atoms in total. The molecular weight excluding hydrogens is 444 g/mol. The Kier molecular flexibility index (Phi) is 6.28. The Balaban J connectivity index is 1.55. The molecule has 0 bridgehead atoms. The van der Waals surface area contributed by atoms with Crippen LogP contribution in [0.5, 0.6) is 0 Å². The first-order chi connectivity index (χ1) is 15.9. The van der Waals surface area contributed by atoms with Gasteiger partial charge < -0.3 is 14.6 Å². The van der Waals surface area contributed by atoms with Crippen molar-refractivity contribution in [1.82, 2.24) is 4.98 Å². The summed E-state index contributed by atoms with van der Waals surface area (Å²) < 4.78 is 5.88. The van der Waals surface area contributed by atoms with E-state index in [9.17, 15) is 14.9 Å². The summed E-state index contributed by atoms with van der Waals surface area (Å²) in [4.78, 5) is 29.8. The summed E-state index contributed by atoms with van der Waals surface area (Å²) >= 11 is 5.82. The first-order valence-corrected chi connectivity index (χ1v) is 10.8. The number of nitro benzene ring substituents is 1. The average Bonchev–Trinajstić information content (AvgIpc) is 3.24. The molecule has 0 saturated heterocycles. The zero-order chi connectivity index (χ0) is 23.5. The summed E-state index contributed by atoms with van der Waals surface area (Å²) in [6.07, 6.45) is 0. The third-order valence-electron chi connectivity index (χ3n) is 5.29. The number of nitrogens with one attached hydrogen (secondary N) is 1. The Labute approximate surface area is 194 Å². The number of benzene rings is 3. The van der Waals surface area contributed by atoms with E-state index in [0.717, 1.165) is 30.4 Å². The van der Waals surface area contributed by atoms with Crippen LogP contribution >= 0.6 is 11.6 Å². The minimum Gasteiger partial charge on any atom is -0.436 e. The molecule has 0 atom stereocenters. The van der Waals surface area contributed by atoms with Crippen LogP contribution in [0.3, 0.4) is 0 Å². The number of hydrogen-bond acceptors (Lipinski definition) is 6. The Morgan fingerprint density at radius 3 is 2.48 bits per heavy atom. The molecule has 33 heavy (non-hydrogen) atoms. The van der Waals surface area contributed by atoms with Crippen LogP contribution < -0.4 is 10.2 Å². The minimum atomic E-state index is -0.628. The van der Waals surface area contributed by atoms with Gasteiger partial charge in [0.05, 0.1) is 4.92 Å². The van der Waals surface area contributed by atoms with E-state index < -0.39 is 10.8 Å². The quantitative estimate of drug-likeness (QED) is 0.260. The topological polar surface area (TPSA) is 102 Å². The van der Waals surface area contributed by atoms with Crippen molar-refractivity contribution >= 4 is 45.7 Å². The van der Waals surface area contributed by atoms with Crippen molar-refractivity contribution in [2.45, 2.75) is 13.8 Å². The van der Waals surface area contributed by atoms with Crippen molar-refractivity contribution in [2.24, 2.45) is 0 Å². The number of hydrogen-bond donors (Lipinski definition) is 1. The average molecular weight is 465 g/mol. The molecule has 1 amide bonds. The van der Waals surface area contributed by atoms with Gasteiger partial charge in [0.25, 0.3) is 11.6 Å². The maximum absolute atomic E-state index is 12.6. The van der Waals surface area contributed by atoms with E-state index in [1.54, 1.807) is 18.2 Å². The molecule has 1 aromatic heterocycles. The molecule has 9 heteroatoms. The molecule has 0 radical (unpaired) electrons. The molecule has 4 rings (SSSR count). The third-order valence-corrected chi connectivity index (χ3v) is 5.61. The molecule has 0 fully saturated rings. The van der Waals surface area contributed by atoms with Gasteiger partial charge in [-0.15, -0.1) is 0 Å². The zero-order valence-corrected chi connectivity index (χ0v) is 18.8. The van der Waals surface area contributed by atoms with Gasteiger partial charge in [0, 0.05) is 41.7 Å². The number of carbonyl (C=O) groups excluding carboxylic acids is 1. The van der Waals surface area contributed by atoms with Crippen LogP contribution in [0.4, 0.5) is 17.1 Å². The van der Waals surface area contributed by atoms with Crippen LogP contribution in [0.2, 0.25) is 5.02 Å². The van der Waals surface area contributed by atoms with Crippen LogP contribution in [-0.2, 0) is 0 Å². The van der Waals surface area contributed by atoms with Crippen molar-refractivity contribution in [3.05, 3.63) is 81.4 Å². The number of fused-ring (bicyclic) bond motifs is 1. The van der Waals surface area contributed by atoms with E-state index in [2.05, 4.69) is 29.0 Å². The predicted molar refractivity (Wildman–Crippen MR) is 129 cm³/mol. The number of rotatable bonds is 7. The first-order valence-electron chi connectivity index (χ1n) is 10.4. The van der Waals surface area contributed by atoms with E-state index in [-0.39, 0.29) is 16.3 Å². The number of nitro groups is 1. The molecule has 0 aliphatic rings. The fraction of sp³-hybridized carbons (Fsp3) is 0.167. The van der Waals surface area contributed by atoms with Crippen molar-refractivity contribution in [1.29, 1.82) is 0 Å². The maximum atomic E-state index is 12.6. The number of aromatic nitrogens is 1. The highest BCUT2D eigenvalue weighted by Crippen LogP contribution is 2.29. The summed E-state index contributed by atoms with van der Waals surface area (Å²) in [5.74, 6) is -0.0160. The fourth-order valence-corrected chi connectivity index (χ4v) is 3.72. The van der Waals surface area contributed by atoms with Crippen LogP contribution in [0.15, 0.2) is 65.1 Å². The number of nitrogens with zero attached hydrogens (tertiary/aromatic N) is 3. The van der Waals surface area contributed by atoms with Gasteiger partial charge in [0.15, 0.2) is 5.58 Å². The lowest BCUT2D eigenvalue weighted by molar-refractivity contribution is -0.384. The number of halogens is 1. The number of amides is 1. The Morgan fingerprint density at radius 2 is 1.82 bits per heavy atom. The Bertz CT molecular complexity index is 1330. The highest BCUT2D eigenvalue weighted by Gasteiger charge is 2.17. The standard InChI is InChI=1S/C24H21ClN4O4/c1-3-28(4-2)18-9-5-15(6-10-18)24-27-20-14-17(8-12-22(20)33-24)26-23(30)16-7-11-19(25)21(13-16)29(31)32/h5-14H,3-4H2,1-2H3,(H,26,30). The van der Waals surface area contributed by atoms with Gasteiger partial charge in [-0.3, -0.25) is 14.9 Å². The predicted octanol–water partition coefficient (Wildman–Crippen LogP) is 6.15. The molecule has 0 unspecified atom stereocenters. The van der Waals surface area contributed by atoms with E-state index >= 15 is 0 Å². The highest BCUT2D eigenvalue weighted by atomic mass is 35.5. The second kappa shape index (κ2) is 9.30. The van der Waals surface area contributed by atoms with Gasteiger partial charge in [-0.1, -0.05) is 11.6 Å². The Hall–Kier alpha value is -3.91. The van der Waals surface area contributed by atoms with Gasteiger partial charge in [-0.05, 0) is 68.4 Å². The van der Waals surface area contributed by atoms with Gasteiger partial charge in [-0.25, -0.2) is 4.98 Å². The second-order valence-electron chi connectivity index (χ2n) is 7.30. The molecular formula is C24H21ClN4O4. The first kappa shape index (κ1) is 22.3. The van der Waals surface area contributed by atoms with Gasteiger partial charge in [0.2, 0.25) is 5.89 Å². The molecule has 1 heterocycles. The SMILES string of the molecule is CCN(CC)c1ccc(-c2nc3cc(NC(=O)c4ccc(Cl)c([N+](=O)[O-])c4)ccc3o2)cc1. The lowest BCUT2D eigenvalue weighted by Crippen LogP contribution is -2.21. The summed E-state index contributed by atoms with van der Waals surface area (Å²) in [5.41, 5.74) is 3.43. The smallest absolute Gasteiger partial charge is 0.288 e. The molecule has 0 spiro atoms. The summed E-state index contributed by atoms with van der Waals surface area (Å²) in [6.45, 7) is 6.08. The molecule has 168 valence electrons. The second-order valence-corrected chi connectivity index (χ2v) is 7.71. The van der Waals surface area contributed by atoms with Crippen LogP contribution in [0.1, 0.15) is 24.2 Å². The van der Waals surface area contributed by atoms with E-state index in [0.29, 0.717) is 22.7 Å². The summed E-state index contributed by atoms with van der Waals surface area (Å²) in [6, 6.07) is 17.0. The monoisotopic (exact) mass is 464 g/mol. The van der Waals surface area contributed by atoms with Crippen molar-refractivity contribution < 1.29 is 14.1 Å². The van der Waals surface area contributed by atoms with Crippen molar-refractivity contribution in [2.75, 3.05) is 23.3 Å². The molecule has 0 saturated carbocycles. The van der Waals surface area contributed by atoms with E-state index in [1.807, 2.05) is 24.3 Å². The van der Waals surface area contributed by atoms with Crippen molar-refractivity contribution in [3.63, 3.8) is 0 Å². The van der Waals surface area contributed by atoms with Gasteiger partial charge >= 0.3 is 0 Å². The fourth-order valence-electron chi connectivity index (χ4n) is 3.53. The van der Waals surface area contributed by atoms with Crippen LogP contribution in [0, 0.1) is 10.1 Å². The number of oxazole rings is 1. The number of carbonyl (C=O) groups is 1. The molecule has 4 aromatic rings. The highest BCUT2D eigenvalue weighted by molar-refractivity contribution is 6.32. The maximum Gasteiger partial charge on any atom is 0.288 e. The molecule has 1 N–H and O–H groups in total. The number of anilines is 2. The lowest BCUT2D eigenvalue weighted by Gasteiger charge is -2.20. The van der Waals surface area contributed by atoms with E-state index in [4.69, 9.17) is 16.0 Å². The van der Waals surface area contributed by atoms with E-state index in [1.165, 1.54) is 12.1 Å². The minimum absolute atomic E-state index is 0.0294. The van der Waals surface area contributed by atoms with Crippen LogP contribution in [0.25, 0.3) is 22.6 Å². The third kappa shape index (κ3) is 4.65.